The predicted molar refractivity (Wildman–Crippen MR) is 32.9 cm³/mol. The van der Waals surface area contributed by atoms with Gasteiger partial charge in [-0.15, -0.1) is 0 Å². The van der Waals surface area contributed by atoms with Crippen molar-refractivity contribution in [2.24, 2.45) is 0 Å². The lowest BCUT2D eigenvalue weighted by Crippen LogP contribution is -2.41. The molecule has 0 heterocycles. The number of halogens is 3. The van der Waals surface area contributed by atoms with Gasteiger partial charge in [-0.25, -0.2) is 0 Å². The lowest BCUT2D eigenvalue weighted by molar-refractivity contribution is -0.171. The van der Waals surface area contributed by atoms with Gasteiger partial charge in [-0.3, -0.25) is 4.79 Å². The van der Waals surface area contributed by atoms with E-state index < -0.39 is 23.4 Å². The van der Waals surface area contributed by atoms with Gasteiger partial charge in [-0.05, 0) is 6.92 Å². The molecule has 0 saturated heterocycles. The summed E-state index contributed by atoms with van der Waals surface area (Å²) >= 11 is -1.92. The Bertz CT molecular complexity index is 149. The fourth-order valence-corrected chi connectivity index (χ4v) is 0.700. The Balaban J connectivity index is 3.88. The molecule has 1 unspecified atom stereocenters. The fourth-order valence-electron chi connectivity index (χ4n) is 0.233. The highest BCUT2D eigenvalue weighted by Crippen LogP contribution is 2.14. The Labute approximate surface area is 64.3 Å². The van der Waals surface area contributed by atoms with Crippen LogP contribution in [0.2, 0.25) is 0 Å². The maximum atomic E-state index is 11.4. The highest BCUT2D eigenvalue weighted by molar-refractivity contribution is 7.90. The minimum Gasteiger partial charge on any atom is -0.593 e. The highest BCUT2D eigenvalue weighted by atomic mass is 32.2. The normalized spacial score (nSPS) is 14.3. The van der Waals surface area contributed by atoms with Gasteiger partial charge in [0.05, 0.1) is 11.4 Å². The zero-order valence-electron chi connectivity index (χ0n) is 5.57. The molecule has 7 heteroatoms. The summed E-state index contributed by atoms with van der Waals surface area (Å²) in [6.07, 6.45) is -4.95. The van der Waals surface area contributed by atoms with Gasteiger partial charge in [0.1, 0.15) is 5.75 Å². The third-order valence-corrected chi connectivity index (χ3v) is 1.66. The van der Waals surface area contributed by atoms with Crippen LogP contribution in [-0.2, 0) is 16.2 Å². The van der Waals surface area contributed by atoms with Crippen LogP contribution in [0.1, 0.15) is 6.92 Å². The van der Waals surface area contributed by atoms with Gasteiger partial charge >= 0.3 is 12.1 Å². The first-order chi connectivity index (χ1) is 4.88. The van der Waals surface area contributed by atoms with Crippen LogP contribution < -0.4 is 4.72 Å². The smallest absolute Gasteiger partial charge is 0.475 e. The number of nitrogens with one attached hydrogen (secondary N) is 1. The largest absolute Gasteiger partial charge is 0.593 e. The molecule has 0 spiro atoms. The molecule has 0 radical (unpaired) electrons. The van der Waals surface area contributed by atoms with Gasteiger partial charge in [0, 0.05) is 0 Å². The molecular weight excluding hydrogens is 183 g/mol. The quantitative estimate of drug-likeness (QED) is 0.637. The van der Waals surface area contributed by atoms with E-state index in [1.165, 1.54) is 11.6 Å². The number of hydrogen-bond acceptors (Lipinski definition) is 2. The van der Waals surface area contributed by atoms with E-state index in [1.807, 2.05) is 0 Å². The van der Waals surface area contributed by atoms with E-state index in [0.29, 0.717) is 0 Å². The molecule has 0 aromatic carbocycles. The Morgan fingerprint density at radius 1 is 1.64 bits per heavy atom. The highest BCUT2D eigenvalue weighted by Gasteiger charge is 2.41. The molecule has 0 aliphatic carbocycles. The Kier molecular flexibility index (Phi) is 3.67. The van der Waals surface area contributed by atoms with E-state index in [1.54, 1.807) is 0 Å². The molecule has 0 aliphatic rings. The first kappa shape index (κ1) is 10.6. The maximum absolute atomic E-state index is 11.4. The number of hydrogen-bond donors (Lipinski definition) is 1. The molecule has 0 rings (SSSR count). The molecule has 66 valence electrons. The molecule has 0 aliphatic heterocycles. The average Bonchev–Trinajstić information content (AvgIpc) is 1.85. The fraction of sp³-hybridized carbons (Fsp3) is 0.750. The van der Waals surface area contributed by atoms with Gasteiger partial charge < -0.3 is 4.55 Å². The van der Waals surface area contributed by atoms with Crippen molar-refractivity contribution < 1.29 is 22.5 Å². The molecule has 0 bridgehead atoms. The van der Waals surface area contributed by atoms with Crippen LogP contribution >= 0.6 is 0 Å². The van der Waals surface area contributed by atoms with Crippen molar-refractivity contribution in [1.82, 2.24) is 4.72 Å². The van der Waals surface area contributed by atoms with Crippen LogP contribution in [0.4, 0.5) is 13.2 Å². The van der Waals surface area contributed by atoms with Crippen molar-refractivity contribution >= 4 is 17.3 Å². The minimum atomic E-state index is -4.95. The van der Waals surface area contributed by atoms with Crippen LogP contribution in [0.15, 0.2) is 0 Å². The average molecular weight is 189 g/mol. The third kappa shape index (κ3) is 4.10. The molecule has 1 amide bonds. The molecular formula is C4H6F3NO2S. The zero-order chi connectivity index (χ0) is 9.07. The van der Waals surface area contributed by atoms with Crippen LogP contribution in [0, 0.1) is 0 Å². The van der Waals surface area contributed by atoms with E-state index in [2.05, 4.69) is 0 Å². The number of amides is 1. The van der Waals surface area contributed by atoms with Crippen molar-refractivity contribution in [3.8, 4) is 0 Å². The van der Waals surface area contributed by atoms with Crippen molar-refractivity contribution in [1.29, 1.82) is 0 Å². The Hall–Kier alpha value is -0.430. The van der Waals surface area contributed by atoms with Crippen molar-refractivity contribution in [2.45, 2.75) is 13.1 Å². The van der Waals surface area contributed by atoms with Crippen molar-refractivity contribution in [2.75, 3.05) is 5.75 Å². The summed E-state index contributed by atoms with van der Waals surface area (Å²) in [7, 11) is 0. The second-order valence-corrected chi connectivity index (χ2v) is 3.04. The number of carbonyl (C=O) groups is 1. The van der Waals surface area contributed by atoms with E-state index in [4.69, 9.17) is 0 Å². The SMILES string of the molecule is CC[S+]([O-])NC(=O)C(F)(F)F. The molecule has 0 aromatic rings. The minimum absolute atomic E-state index is 0.0399. The molecule has 1 atom stereocenters. The van der Waals surface area contributed by atoms with Crippen LogP contribution in [0.5, 0.6) is 0 Å². The Morgan fingerprint density at radius 2 is 2.09 bits per heavy atom. The summed E-state index contributed by atoms with van der Waals surface area (Å²) < 4.78 is 45.8. The summed E-state index contributed by atoms with van der Waals surface area (Å²) in [5.74, 6) is -2.21. The first-order valence-electron chi connectivity index (χ1n) is 2.64. The van der Waals surface area contributed by atoms with Crippen LogP contribution in [0.25, 0.3) is 0 Å². The standard InChI is InChI=1S/C4H6F3NO2S/c1-2-11(10)8-3(9)4(5,6)7/h2H2,1H3,(H,8,9). The zero-order valence-corrected chi connectivity index (χ0v) is 6.38. The van der Waals surface area contributed by atoms with Gasteiger partial charge in [-0.1, -0.05) is 0 Å². The van der Waals surface area contributed by atoms with Gasteiger partial charge in [0.2, 0.25) is 0 Å². The first-order valence-corrected chi connectivity index (χ1v) is 3.96. The van der Waals surface area contributed by atoms with Crippen molar-refractivity contribution in [3.05, 3.63) is 0 Å². The monoisotopic (exact) mass is 189 g/mol. The number of alkyl halides is 3. The van der Waals surface area contributed by atoms with E-state index in [0.717, 1.165) is 0 Å². The van der Waals surface area contributed by atoms with Gasteiger partial charge in [0.15, 0.2) is 0 Å². The maximum Gasteiger partial charge on any atom is 0.475 e. The molecule has 3 nitrogen and oxygen atoms in total. The van der Waals surface area contributed by atoms with Crippen molar-refractivity contribution in [3.63, 3.8) is 0 Å². The lowest BCUT2D eigenvalue weighted by atomic mass is 10.6. The van der Waals surface area contributed by atoms with Gasteiger partial charge in [0.25, 0.3) is 0 Å². The molecule has 1 N–H and O–H groups in total. The van der Waals surface area contributed by atoms with E-state index in [9.17, 15) is 22.5 Å². The third-order valence-electron chi connectivity index (χ3n) is 0.726. The molecule has 0 saturated carbocycles. The summed E-state index contributed by atoms with van der Waals surface area (Å²) in [4.78, 5) is 10.0. The second kappa shape index (κ2) is 3.82. The summed E-state index contributed by atoms with van der Waals surface area (Å²) in [6, 6.07) is 0. The second-order valence-electron chi connectivity index (χ2n) is 1.56. The van der Waals surface area contributed by atoms with Crippen LogP contribution in [0.3, 0.4) is 0 Å². The van der Waals surface area contributed by atoms with Crippen LogP contribution in [-0.4, -0.2) is 22.4 Å². The number of rotatable bonds is 2. The van der Waals surface area contributed by atoms with E-state index in [-0.39, 0.29) is 5.75 Å². The predicted octanol–water partition coefficient (Wildman–Crippen LogP) is 0.349. The summed E-state index contributed by atoms with van der Waals surface area (Å²) in [6.45, 7) is 1.40. The summed E-state index contributed by atoms with van der Waals surface area (Å²) in [5.41, 5.74) is 0. The molecule has 0 fully saturated rings. The number of carbonyl (C=O) groups excluding carboxylic acids is 1. The Morgan fingerprint density at radius 3 is 2.36 bits per heavy atom. The molecule has 11 heavy (non-hydrogen) atoms. The topological polar surface area (TPSA) is 52.2 Å². The lowest BCUT2D eigenvalue weighted by Gasteiger charge is -2.09. The summed E-state index contributed by atoms with van der Waals surface area (Å²) in [5, 5.41) is 0. The van der Waals surface area contributed by atoms with Gasteiger partial charge in [-0.2, -0.15) is 17.9 Å². The molecule has 0 aromatic heterocycles. The van der Waals surface area contributed by atoms with E-state index >= 15 is 0 Å².